The normalized spacial score (nSPS) is 10.7. The van der Waals surface area contributed by atoms with Gasteiger partial charge in [0.1, 0.15) is 22.9 Å². The van der Waals surface area contributed by atoms with Crippen LogP contribution >= 0.6 is 11.3 Å². The van der Waals surface area contributed by atoms with Gasteiger partial charge < -0.3 is 10.1 Å². The van der Waals surface area contributed by atoms with Crippen LogP contribution in [0.2, 0.25) is 0 Å². The molecule has 5 aromatic rings. The SMILES string of the molecule is CCCc1cccc2nc(-c3cc(C#Cc4ccccc4)cs3)c(NCCc3cccc(OC)c3)n12. The lowest BCUT2D eigenvalue weighted by Crippen LogP contribution is -2.09. The Morgan fingerprint density at radius 3 is 2.58 bits per heavy atom. The molecule has 0 saturated carbocycles. The van der Waals surface area contributed by atoms with Crippen LogP contribution in [0.15, 0.2) is 84.2 Å². The monoisotopic (exact) mass is 491 g/mol. The third-order valence-electron chi connectivity index (χ3n) is 6.03. The van der Waals surface area contributed by atoms with E-state index in [2.05, 4.69) is 70.3 Å². The van der Waals surface area contributed by atoms with Crippen molar-refractivity contribution in [3.8, 4) is 28.2 Å². The predicted octanol–water partition coefficient (Wildman–Crippen LogP) is 7.08. The molecule has 4 nitrogen and oxygen atoms in total. The number of ether oxygens (including phenoxy) is 1. The van der Waals surface area contributed by atoms with E-state index in [1.165, 1.54) is 11.3 Å². The fraction of sp³-hybridized carbons (Fsp3) is 0.194. The van der Waals surface area contributed by atoms with Crippen molar-refractivity contribution in [2.45, 2.75) is 26.2 Å². The van der Waals surface area contributed by atoms with Crippen molar-refractivity contribution < 1.29 is 4.74 Å². The van der Waals surface area contributed by atoms with Crippen molar-refractivity contribution in [3.63, 3.8) is 0 Å². The molecule has 0 spiro atoms. The second-order valence-corrected chi connectivity index (χ2v) is 9.52. The Hall–Kier alpha value is -4.01. The number of nitrogens with one attached hydrogen (secondary N) is 1. The third kappa shape index (κ3) is 5.30. The highest BCUT2D eigenvalue weighted by atomic mass is 32.1. The summed E-state index contributed by atoms with van der Waals surface area (Å²) in [6, 6.07) is 26.9. The van der Waals surface area contributed by atoms with E-state index in [9.17, 15) is 0 Å². The Kier molecular flexibility index (Phi) is 7.35. The number of anilines is 1. The van der Waals surface area contributed by atoms with Gasteiger partial charge >= 0.3 is 0 Å². The Balaban J connectivity index is 1.47. The highest BCUT2D eigenvalue weighted by Crippen LogP contribution is 2.34. The molecule has 0 atom stereocenters. The van der Waals surface area contributed by atoms with E-state index >= 15 is 0 Å². The lowest BCUT2D eigenvalue weighted by molar-refractivity contribution is 0.414. The van der Waals surface area contributed by atoms with Gasteiger partial charge in [-0.2, -0.15) is 0 Å². The van der Waals surface area contributed by atoms with Crippen molar-refractivity contribution in [2.75, 3.05) is 19.0 Å². The maximum atomic E-state index is 5.39. The molecule has 2 aromatic carbocycles. The number of benzene rings is 2. The summed E-state index contributed by atoms with van der Waals surface area (Å²) in [5.41, 5.74) is 6.46. The highest BCUT2D eigenvalue weighted by Gasteiger charge is 2.17. The summed E-state index contributed by atoms with van der Waals surface area (Å²) in [5.74, 6) is 8.49. The molecule has 0 unspecified atom stereocenters. The second kappa shape index (κ2) is 11.2. The first-order chi connectivity index (χ1) is 17.7. The number of hydrogen-bond acceptors (Lipinski definition) is 4. The zero-order chi connectivity index (χ0) is 24.7. The molecule has 5 rings (SSSR count). The van der Waals surface area contributed by atoms with Crippen LogP contribution in [-0.4, -0.2) is 23.0 Å². The fourth-order valence-corrected chi connectivity index (χ4v) is 5.12. The number of imidazole rings is 1. The largest absolute Gasteiger partial charge is 0.497 e. The van der Waals surface area contributed by atoms with Crippen LogP contribution in [0.3, 0.4) is 0 Å². The Labute approximate surface area is 216 Å². The van der Waals surface area contributed by atoms with Crippen LogP contribution in [0.4, 0.5) is 5.82 Å². The van der Waals surface area contributed by atoms with Gasteiger partial charge in [0, 0.05) is 28.7 Å². The lowest BCUT2D eigenvalue weighted by Gasteiger charge is -2.12. The number of fused-ring (bicyclic) bond motifs is 1. The summed E-state index contributed by atoms with van der Waals surface area (Å²) < 4.78 is 7.67. The van der Waals surface area contributed by atoms with E-state index in [1.807, 2.05) is 42.5 Å². The Bertz CT molecular complexity index is 1520. The van der Waals surface area contributed by atoms with Crippen molar-refractivity contribution in [2.24, 2.45) is 0 Å². The molecule has 3 heterocycles. The fourth-order valence-electron chi connectivity index (χ4n) is 4.29. The number of pyridine rings is 1. The molecule has 5 heteroatoms. The summed E-state index contributed by atoms with van der Waals surface area (Å²) in [6.07, 6.45) is 2.96. The number of aromatic nitrogens is 2. The summed E-state index contributed by atoms with van der Waals surface area (Å²) in [7, 11) is 1.71. The number of methoxy groups -OCH3 is 1. The number of thiophene rings is 1. The maximum Gasteiger partial charge on any atom is 0.139 e. The quantitative estimate of drug-likeness (QED) is 0.236. The first-order valence-corrected chi connectivity index (χ1v) is 13.2. The van der Waals surface area contributed by atoms with E-state index < -0.39 is 0 Å². The Morgan fingerprint density at radius 2 is 1.75 bits per heavy atom. The van der Waals surface area contributed by atoms with Gasteiger partial charge in [0.05, 0.1) is 12.0 Å². The van der Waals surface area contributed by atoms with Gasteiger partial charge in [-0.05, 0) is 60.9 Å². The van der Waals surface area contributed by atoms with E-state index in [-0.39, 0.29) is 0 Å². The summed E-state index contributed by atoms with van der Waals surface area (Å²) in [4.78, 5) is 6.17. The topological polar surface area (TPSA) is 38.6 Å². The zero-order valence-corrected chi connectivity index (χ0v) is 21.4. The minimum atomic E-state index is 0.792. The molecule has 0 bridgehead atoms. The van der Waals surface area contributed by atoms with Crippen LogP contribution in [0.1, 0.15) is 35.7 Å². The summed E-state index contributed by atoms with van der Waals surface area (Å²) in [5, 5.41) is 5.83. The zero-order valence-electron chi connectivity index (χ0n) is 20.6. The molecular formula is C31H29N3OS. The lowest BCUT2D eigenvalue weighted by atomic mass is 10.1. The predicted molar refractivity (Wildman–Crippen MR) is 150 cm³/mol. The summed E-state index contributed by atoms with van der Waals surface area (Å²) in [6.45, 7) is 3.00. The Morgan fingerprint density at radius 1 is 0.917 bits per heavy atom. The van der Waals surface area contributed by atoms with Gasteiger partial charge in [-0.15, -0.1) is 11.3 Å². The second-order valence-electron chi connectivity index (χ2n) is 8.61. The molecule has 36 heavy (non-hydrogen) atoms. The van der Waals surface area contributed by atoms with Crippen LogP contribution < -0.4 is 10.1 Å². The van der Waals surface area contributed by atoms with Crippen molar-refractivity contribution in [1.29, 1.82) is 0 Å². The van der Waals surface area contributed by atoms with Crippen molar-refractivity contribution >= 4 is 22.8 Å². The smallest absolute Gasteiger partial charge is 0.139 e. The van der Waals surface area contributed by atoms with Gasteiger partial charge in [-0.1, -0.05) is 61.6 Å². The number of aryl methyl sites for hydroxylation is 1. The van der Waals surface area contributed by atoms with Crippen LogP contribution in [-0.2, 0) is 12.8 Å². The highest BCUT2D eigenvalue weighted by molar-refractivity contribution is 7.13. The van der Waals surface area contributed by atoms with E-state index in [1.54, 1.807) is 18.4 Å². The molecule has 0 amide bonds. The molecule has 0 aliphatic rings. The summed E-state index contributed by atoms with van der Waals surface area (Å²) >= 11 is 1.69. The molecule has 1 N–H and O–H groups in total. The van der Waals surface area contributed by atoms with Crippen LogP contribution in [0, 0.1) is 11.8 Å². The minimum absolute atomic E-state index is 0.792. The van der Waals surface area contributed by atoms with Gasteiger partial charge in [0.25, 0.3) is 0 Å². The van der Waals surface area contributed by atoms with E-state index in [0.29, 0.717) is 0 Å². The van der Waals surface area contributed by atoms with Gasteiger partial charge in [0.2, 0.25) is 0 Å². The molecule has 180 valence electrons. The maximum absolute atomic E-state index is 5.39. The molecule has 0 aliphatic heterocycles. The third-order valence-corrected chi connectivity index (χ3v) is 6.97. The van der Waals surface area contributed by atoms with Crippen LogP contribution in [0.25, 0.3) is 16.2 Å². The number of rotatable bonds is 8. The molecule has 0 saturated heterocycles. The molecular weight excluding hydrogens is 462 g/mol. The first-order valence-electron chi connectivity index (χ1n) is 12.3. The number of nitrogens with zero attached hydrogens (tertiary/aromatic N) is 2. The molecule has 0 radical (unpaired) electrons. The number of hydrogen-bond donors (Lipinski definition) is 1. The standard InChI is InChI=1S/C31H29N3OS/c1-3-9-26-13-8-15-29-33-30(28-21-25(22-36-28)17-16-23-10-5-4-6-11-23)31(34(26)29)32-19-18-24-12-7-14-27(20-24)35-2/h4-8,10-15,20-22,32H,3,9,18-19H2,1-2H3. The van der Waals surface area contributed by atoms with Gasteiger partial charge in [0.15, 0.2) is 0 Å². The molecule has 0 aliphatic carbocycles. The molecule has 0 fully saturated rings. The van der Waals surface area contributed by atoms with Gasteiger partial charge in [-0.25, -0.2) is 4.98 Å². The first kappa shape index (κ1) is 23.7. The van der Waals surface area contributed by atoms with Crippen LogP contribution in [0.5, 0.6) is 5.75 Å². The van der Waals surface area contributed by atoms with Crippen molar-refractivity contribution in [3.05, 3.63) is 107 Å². The minimum Gasteiger partial charge on any atom is -0.497 e. The average Bonchev–Trinajstić information content (AvgIpc) is 3.54. The van der Waals surface area contributed by atoms with Crippen molar-refractivity contribution in [1.82, 2.24) is 9.38 Å². The molecule has 3 aromatic heterocycles. The van der Waals surface area contributed by atoms with Gasteiger partial charge in [-0.3, -0.25) is 4.40 Å². The van der Waals surface area contributed by atoms with E-state index in [0.717, 1.165) is 64.7 Å². The van der Waals surface area contributed by atoms with E-state index in [4.69, 9.17) is 9.72 Å². The average molecular weight is 492 g/mol.